The van der Waals surface area contributed by atoms with Crippen LogP contribution in [-0.2, 0) is 6.42 Å². The van der Waals surface area contributed by atoms with E-state index in [9.17, 15) is 0 Å². The summed E-state index contributed by atoms with van der Waals surface area (Å²) in [5.74, 6) is 0. The van der Waals surface area contributed by atoms with Crippen LogP contribution in [0, 0.1) is 6.92 Å². The minimum Gasteiger partial charge on any atom is -0.289 e. The van der Waals surface area contributed by atoms with Gasteiger partial charge in [0, 0.05) is 6.21 Å². The molecule has 0 bridgehead atoms. The number of aliphatic imine (C=N–C) groups is 1. The van der Waals surface area contributed by atoms with Crippen molar-refractivity contribution in [3.63, 3.8) is 0 Å². The van der Waals surface area contributed by atoms with Crippen LogP contribution < -0.4 is 0 Å². The molecule has 2 aromatic carbocycles. The van der Waals surface area contributed by atoms with Crippen molar-refractivity contribution in [1.29, 1.82) is 0 Å². The average molecular weight is 532 g/mol. The first kappa shape index (κ1) is 40.6. The second-order valence-corrected chi connectivity index (χ2v) is 9.44. The topological polar surface area (TPSA) is 12.4 Å². The van der Waals surface area contributed by atoms with Crippen LogP contribution in [0.4, 0.5) is 0 Å². The van der Waals surface area contributed by atoms with Crippen LogP contribution in [0.3, 0.4) is 0 Å². The number of rotatable bonds is 9. The third kappa shape index (κ3) is 25.1. The Morgan fingerprint density at radius 2 is 1.31 bits per heavy atom. The van der Waals surface area contributed by atoms with Gasteiger partial charge < -0.3 is 0 Å². The van der Waals surface area contributed by atoms with Gasteiger partial charge in [0.25, 0.3) is 0 Å². The summed E-state index contributed by atoms with van der Waals surface area (Å²) >= 11 is 0. The molecule has 0 aliphatic heterocycles. The molecule has 0 aliphatic carbocycles. The van der Waals surface area contributed by atoms with Gasteiger partial charge in [0.1, 0.15) is 0 Å². The molecule has 218 valence electrons. The number of benzene rings is 2. The van der Waals surface area contributed by atoms with E-state index in [4.69, 9.17) is 0 Å². The van der Waals surface area contributed by atoms with Crippen molar-refractivity contribution < 1.29 is 0 Å². The number of allylic oxidation sites excluding steroid dienone is 5. The number of unbranched alkanes of at least 4 members (excludes halogenated alkanes) is 3. The monoisotopic (exact) mass is 531 g/mol. The van der Waals surface area contributed by atoms with E-state index in [1.165, 1.54) is 59.1 Å². The van der Waals surface area contributed by atoms with Gasteiger partial charge in [-0.3, -0.25) is 4.99 Å². The van der Waals surface area contributed by atoms with Crippen molar-refractivity contribution in [2.45, 2.75) is 108 Å². The molecule has 0 aliphatic rings. The lowest BCUT2D eigenvalue weighted by atomic mass is 10.0. The highest BCUT2D eigenvalue weighted by molar-refractivity contribution is 5.79. The second-order valence-electron chi connectivity index (χ2n) is 9.44. The van der Waals surface area contributed by atoms with Crippen molar-refractivity contribution in [3.05, 3.63) is 113 Å². The summed E-state index contributed by atoms with van der Waals surface area (Å²) in [4.78, 5) is 4.47. The van der Waals surface area contributed by atoms with Crippen molar-refractivity contribution in [2.24, 2.45) is 4.99 Å². The molecule has 2 aromatic rings. The predicted molar refractivity (Wildman–Crippen MR) is 184 cm³/mol. The SMILES string of the molecule is C=C(/C=C(/C)CN=CC(C)=C(C)C)c1ccccc1C.C=CC.CC.CCCCCC.CCc1ccccc1. The summed E-state index contributed by atoms with van der Waals surface area (Å²) < 4.78 is 0. The fourth-order valence-corrected chi connectivity index (χ4v) is 3.02. The maximum Gasteiger partial charge on any atom is 0.0600 e. The van der Waals surface area contributed by atoms with Gasteiger partial charge in [0.05, 0.1) is 6.54 Å². The normalized spacial score (nSPS) is 9.77. The molecule has 0 aromatic heterocycles. The quantitative estimate of drug-likeness (QED) is 0.132. The standard InChI is InChI=1S/C19H25N.C8H10.C6H14.C3H6.C2H6/c1-14(2)18(6)13-20-12-15(3)11-17(5)19-10-8-7-9-16(19)4;1-2-8-6-4-3-5-7-8;1-3-5-6-4-2;1-3-2;1-2/h7-11,13H,5,12H2,1-4,6H3;3-7H,2H2,1H3;3-6H2,1-2H3;3H,1H2,2H3;1-2H3/b15-11-,20-13?;;;;. The zero-order valence-corrected chi connectivity index (χ0v) is 27.5. The molecule has 0 saturated carbocycles. The molecule has 0 radical (unpaired) electrons. The predicted octanol–water partition coefficient (Wildman–Crippen LogP) is 12.4. The Morgan fingerprint density at radius 1 is 0.821 bits per heavy atom. The third-order valence-electron chi connectivity index (χ3n) is 5.53. The van der Waals surface area contributed by atoms with Gasteiger partial charge in [-0.15, -0.1) is 6.58 Å². The summed E-state index contributed by atoms with van der Waals surface area (Å²) in [6.45, 7) is 31.2. The van der Waals surface area contributed by atoms with Gasteiger partial charge in [-0.05, 0) is 75.8 Å². The zero-order valence-electron chi connectivity index (χ0n) is 27.5. The van der Waals surface area contributed by atoms with Gasteiger partial charge in [-0.2, -0.15) is 0 Å². The molecular formula is C38H61N. The third-order valence-corrected chi connectivity index (χ3v) is 5.53. The second kappa shape index (κ2) is 29.6. The van der Waals surface area contributed by atoms with Crippen LogP contribution in [0.25, 0.3) is 5.57 Å². The molecule has 0 N–H and O–H groups in total. The molecule has 0 saturated heterocycles. The molecule has 0 heterocycles. The average Bonchev–Trinajstić information content (AvgIpc) is 2.94. The van der Waals surface area contributed by atoms with Crippen LogP contribution in [0.2, 0.25) is 0 Å². The zero-order chi connectivity index (χ0) is 30.5. The Morgan fingerprint density at radius 3 is 1.72 bits per heavy atom. The lowest BCUT2D eigenvalue weighted by molar-refractivity contribution is 0.702. The van der Waals surface area contributed by atoms with E-state index in [1.807, 2.05) is 39.1 Å². The lowest BCUT2D eigenvalue weighted by Crippen LogP contribution is -1.90. The van der Waals surface area contributed by atoms with Gasteiger partial charge >= 0.3 is 0 Å². The molecule has 0 amide bonds. The summed E-state index contributed by atoms with van der Waals surface area (Å²) in [7, 11) is 0. The fourth-order valence-electron chi connectivity index (χ4n) is 3.02. The fraction of sp³-hybridized carbons (Fsp3) is 0.447. The van der Waals surface area contributed by atoms with Crippen molar-refractivity contribution in [1.82, 2.24) is 0 Å². The Hall–Kier alpha value is -2.93. The van der Waals surface area contributed by atoms with Crippen LogP contribution in [-0.4, -0.2) is 12.8 Å². The highest BCUT2D eigenvalue weighted by atomic mass is 14.7. The summed E-state index contributed by atoms with van der Waals surface area (Å²) in [6.07, 6.45) is 12.5. The molecule has 1 nitrogen and oxygen atoms in total. The van der Waals surface area contributed by atoms with Crippen molar-refractivity contribution in [2.75, 3.05) is 6.54 Å². The van der Waals surface area contributed by atoms with Gasteiger partial charge in [-0.25, -0.2) is 0 Å². The van der Waals surface area contributed by atoms with Gasteiger partial charge in [-0.1, -0.05) is 145 Å². The summed E-state index contributed by atoms with van der Waals surface area (Å²) in [6, 6.07) is 18.8. The molecule has 0 unspecified atom stereocenters. The molecule has 1 heteroatoms. The van der Waals surface area contributed by atoms with E-state index < -0.39 is 0 Å². The number of aryl methyl sites for hydroxylation is 2. The molecule has 39 heavy (non-hydrogen) atoms. The van der Waals surface area contributed by atoms with Crippen LogP contribution in [0.5, 0.6) is 0 Å². The van der Waals surface area contributed by atoms with Crippen molar-refractivity contribution >= 4 is 11.8 Å². The Labute approximate surface area is 244 Å². The lowest BCUT2D eigenvalue weighted by Gasteiger charge is -2.06. The molecule has 0 spiro atoms. The maximum absolute atomic E-state index is 4.47. The van der Waals surface area contributed by atoms with Crippen molar-refractivity contribution in [3.8, 4) is 0 Å². The minimum atomic E-state index is 0.718. The molecule has 2 rings (SSSR count). The van der Waals surface area contributed by atoms with E-state index >= 15 is 0 Å². The van der Waals surface area contributed by atoms with Gasteiger partial charge in [0.2, 0.25) is 0 Å². The highest BCUT2D eigenvalue weighted by Gasteiger charge is 1.99. The van der Waals surface area contributed by atoms with E-state index in [-0.39, 0.29) is 0 Å². The first-order valence-electron chi connectivity index (χ1n) is 14.8. The summed E-state index contributed by atoms with van der Waals surface area (Å²) in [5.41, 5.74) is 8.68. The van der Waals surface area contributed by atoms with E-state index in [2.05, 4.69) is 122 Å². The highest BCUT2D eigenvalue weighted by Crippen LogP contribution is 2.19. The minimum absolute atomic E-state index is 0.718. The van der Waals surface area contributed by atoms with Gasteiger partial charge in [0.15, 0.2) is 0 Å². The van der Waals surface area contributed by atoms with Crippen LogP contribution in [0.15, 0.2) is 102 Å². The number of hydrogen-bond acceptors (Lipinski definition) is 1. The Bertz CT molecular complexity index is 934. The molecular weight excluding hydrogens is 470 g/mol. The van der Waals surface area contributed by atoms with E-state index in [0.717, 1.165) is 18.5 Å². The Kier molecular flexibility index (Phi) is 30.8. The maximum atomic E-state index is 4.47. The number of hydrogen-bond donors (Lipinski definition) is 0. The van der Waals surface area contributed by atoms with Crippen LogP contribution >= 0.6 is 0 Å². The first-order valence-corrected chi connectivity index (χ1v) is 14.8. The molecule has 0 fully saturated rings. The smallest absolute Gasteiger partial charge is 0.0600 e. The van der Waals surface area contributed by atoms with Crippen LogP contribution in [0.1, 0.15) is 112 Å². The van der Waals surface area contributed by atoms with E-state index in [1.54, 1.807) is 6.08 Å². The number of nitrogens with zero attached hydrogens (tertiary/aromatic N) is 1. The van der Waals surface area contributed by atoms with E-state index in [0.29, 0.717) is 0 Å². The molecule has 0 atom stereocenters. The largest absolute Gasteiger partial charge is 0.289 e. The Balaban J connectivity index is -0.000000556. The summed E-state index contributed by atoms with van der Waals surface area (Å²) in [5, 5.41) is 0. The first-order chi connectivity index (χ1) is 18.7.